The highest BCUT2D eigenvalue weighted by Crippen LogP contribution is 2.58. The number of ether oxygens (including phenoxy) is 3. The molecule has 13 heteroatoms. The maximum Gasteiger partial charge on any atom is 0.342 e. The van der Waals surface area contributed by atoms with Crippen LogP contribution in [-0.2, 0) is 27.2 Å². The largest absolute Gasteiger partial charge is 0.507 e. The number of nitrogen functional groups attached to an aromatic ring is 2. The lowest BCUT2D eigenvalue weighted by molar-refractivity contribution is -0.172. The van der Waals surface area contributed by atoms with Crippen molar-refractivity contribution in [1.29, 1.82) is 0 Å². The van der Waals surface area contributed by atoms with E-state index in [4.69, 9.17) is 30.1 Å². The molecule has 9 heterocycles. The summed E-state index contributed by atoms with van der Waals surface area (Å²) in [6, 6.07) is 10.7. The van der Waals surface area contributed by atoms with Gasteiger partial charge in [-0.25, -0.2) is 14.8 Å². The Labute approximate surface area is 322 Å². The molecule has 2 bridgehead atoms. The lowest BCUT2D eigenvalue weighted by Crippen LogP contribution is -2.53. The Hall–Kier alpha value is -5.95. The number of aliphatic imine (C=N–C) groups is 1. The second-order valence-corrected chi connectivity index (χ2v) is 16.4. The highest BCUT2D eigenvalue weighted by molar-refractivity contribution is 6.07. The van der Waals surface area contributed by atoms with Gasteiger partial charge >= 0.3 is 5.97 Å². The molecule has 5 N–H and O–H groups in total. The molecule has 0 radical (unpaired) electrons. The van der Waals surface area contributed by atoms with Crippen molar-refractivity contribution in [2.45, 2.75) is 82.3 Å². The van der Waals surface area contributed by atoms with Crippen molar-refractivity contribution in [2.24, 2.45) is 16.8 Å². The van der Waals surface area contributed by atoms with Gasteiger partial charge < -0.3 is 40.1 Å². The molecule has 1 aliphatic carbocycles. The molecule has 6 aliphatic heterocycles. The first-order valence-corrected chi connectivity index (χ1v) is 19.2. The molecule has 286 valence electrons. The smallest absolute Gasteiger partial charge is 0.342 e. The number of allylic oxidation sites excluding steroid dienone is 2. The van der Waals surface area contributed by atoms with Crippen LogP contribution >= 0.6 is 0 Å². The SMILES string of the molecule is Cc1cc(=O)c2c(O)c3c(cc2o1)OC(C)(C)[C@@H]1OC(=O)[C@@]2(O[C@@H]2CCc2cc(N)nc(-c4cc(N)nc(CN5C=C6C=CN=C6C5)c4)c2)[C@@H]2C=C[C@H](CC2)[C@@H]31. The van der Waals surface area contributed by atoms with Crippen LogP contribution in [0.25, 0.3) is 22.2 Å². The van der Waals surface area contributed by atoms with Crippen molar-refractivity contribution < 1.29 is 28.5 Å². The summed E-state index contributed by atoms with van der Waals surface area (Å²) >= 11 is 0. The number of rotatable bonds is 6. The Bertz CT molecular complexity index is 2560. The van der Waals surface area contributed by atoms with Crippen molar-refractivity contribution in [3.05, 3.63) is 105 Å². The van der Waals surface area contributed by atoms with E-state index in [1.807, 2.05) is 44.3 Å². The van der Waals surface area contributed by atoms with E-state index in [1.54, 1.807) is 19.1 Å². The van der Waals surface area contributed by atoms with Crippen LogP contribution in [0.1, 0.15) is 61.6 Å². The maximum absolute atomic E-state index is 14.5. The summed E-state index contributed by atoms with van der Waals surface area (Å²) in [7, 11) is 0. The molecule has 56 heavy (non-hydrogen) atoms. The first-order valence-electron chi connectivity index (χ1n) is 19.2. The van der Waals surface area contributed by atoms with Gasteiger partial charge in [0, 0.05) is 53.1 Å². The quantitative estimate of drug-likeness (QED) is 0.125. The van der Waals surface area contributed by atoms with Gasteiger partial charge in [0.25, 0.3) is 0 Å². The van der Waals surface area contributed by atoms with Gasteiger partial charge in [0.15, 0.2) is 11.0 Å². The number of fused-ring (bicyclic) bond motifs is 5. The molecule has 13 nitrogen and oxygen atoms in total. The van der Waals surface area contributed by atoms with Crippen LogP contribution in [0.3, 0.4) is 0 Å². The van der Waals surface area contributed by atoms with Crippen LogP contribution in [0.2, 0.25) is 0 Å². The molecule has 1 spiro atoms. The summed E-state index contributed by atoms with van der Waals surface area (Å²) < 4.78 is 25.2. The molecule has 0 unspecified atom stereocenters. The summed E-state index contributed by atoms with van der Waals surface area (Å²) in [5.41, 5.74) is 16.3. The van der Waals surface area contributed by atoms with Crippen molar-refractivity contribution in [2.75, 3.05) is 18.0 Å². The number of aromatic nitrogens is 2. The Balaban J connectivity index is 0.903. The van der Waals surface area contributed by atoms with Gasteiger partial charge in [0.1, 0.15) is 51.6 Å². The van der Waals surface area contributed by atoms with E-state index in [2.05, 4.69) is 38.2 Å². The normalized spacial score (nSPS) is 27.8. The summed E-state index contributed by atoms with van der Waals surface area (Å²) in [6.07, 6.45) is 11.5. The lowest BCUT2D eigenvalue weighted by Gasteiger charge is -2.46. The fourth-order valence-corrected chi connectivity index (χ4v) is 9.65. The minimum atomic E-state index is -1.16. The van der Waals surface area contributed by atoms with Gasteiger partial charge in [-0.2, -0.15) is 0 Å². The number of nitrogens with zero attached hydrogens (tertiary/aromatic N) is 4. The van der Waals surface area contributed by atoms with Crippen molar-refractivity contribution in [1.82, 2.24) is 14.9 Å². The number of aromatic hydroxyl groups is 1. The van der Waals surface area contributed by atoms with E-state index in [0.29, 0.717) is 66.8 Å². The van der Waals surface area contributed by atoms with Gasteiger partial charge in [-0.1, -0.05) is 12.2 Å². The summed E-state index contributed by atoms with van der Waals surface area (Å²) in [4.78, 5) is 43.4. The molecule has 0 saturated carbocycles. The van der Waals surface area contributed by atoms with Gasteiger partial charge in [-0.05, 0) is 88.3 Å². The number of carbonyl (C=O) groups is 1. The van der Waals surface area contributed by atoms with E-state index in [9.17, 15) is 14.7 Å². The van der Waals surface area contributed by atoms with Gasteiger partial charge in [0.05, 0.1) is 36.3 Å². The lowest BCUT2D eigenvalue weighted by atomic mass is 9.69. The average molecular weight is 755 g/mol. The molecular weight excluding hydrogens is 713 g/mol. The molecule has 6 atom stereocenters. The number of aryl methyl sites for hydroxylation is 2. The number of anilines is 2. The Morgan fingerprint density at radius 2 is 1.86 bits per heavy atom. The first-order chi connectivity index (χ1) is 26.9. The highest BCUT2D eigenvalue weighted by Gasteiger charge is 2.69. The highest BCUT2D eigenvalue weighted by atomic mass is 16.7. The fourth-order valence-electron chi connectivity index (χ4n) is 9.65. The molecule has 3 aromatic heterocycles. The molecule has 2 saturated heterocycles. The first kappa shape index (κ1) is 34.5. The van der Waals surface area contributed by atoms with Crippen molar-refractivity contribution >= 4 is 34.3 Å². The average Bonchev–Trinajstić information content (AvgIpc) is 3.48. The molecule has 11 rings (SSSR count). The van der Waals surface area contributed by atoms with Crippen LogP contribution < -0.4 is 21.6 Å². The third kappa shape index (κ3) is 5.50. The zero-order valence-corrected chi connectivity index (χ0v) is 31.3. The topological polar surface area (TPSA) is 192 Å². The summed E-state index contributed by atoms with van der Waals surface area (Å²) in [6.45, 7) is 6.74. The van der Waals surface area contributed by atoms with Crippen LogP contribution in [0, 0.1) is 18.8 Å². The van der Waals surface area contributed by atoms with E-state index >= 15 is 0 Å². The summed E-state index contributed by atoms with van der Waals surface area (Å²) in [5.74, 6) is 0.233. The zero-order valence-electron chi connectivity index (χ0n) is 31.3. The van der Waals surface area contributed by atoms with Gasteiger partial charge in [0.2, 0.25) is 0 Å². The van der Waals surface area contributed by atoms with Gasteiger partial charge in [-0.15, -0.1) is 0 Å². The molecule has 7 aliphatic rings. The second kappa shape index (κ2) is 12.3. The Morgan fingerprint density at radius 3 is 2.66 bits per heavy atom. The van der Waals surface area contributed by atoms with Crippen LogP contribution in [-0.4, -0.2) is 61.6 Å². The third-order valence-electron chi connectivity index (χ3n) is 12.2. The predicted octanol–water partition coefficient (Wildman–Crippen LogP) is 5.63. The number of nitrogens with two attached hydrogens (primary N) is 2. The number of hydrogen-bond donors (Lipinski definition) is 3. The number of benzene rings is 1. The molecular formula is C43H42N6O7. The number of esters is 1. The fraction of sp³-hybridized carbons (Fsp3) is 0.372. The molecule has 2 fully saturated rings. The van der Waals surface area contributed by atoms with Crippen molar-refractivity contribution in [3.63, 3.8) is 0 Å². The zero-order chi connectivity index (χ0) is 38.7. The van der Waals surface area contributed by atoms with E-state index < -0.39 is 35.3 Å². The number of epoxide rings is 1. The predicted molar refractivity (Wildman–Crippen MR) is 209 cm³/mol. The van der Waals surface area contributed by atoms with Crippen molar-refractivity contribution in [3.8, 4) is 22.8 Å². The molecule has 1 aromatic carbocycles. The number of hydrogen-bond acceptors (Lipinski definition) is 13. The minimum absolute atomic E-state index is 0.0845. The standard InChI is InChI=1S/C43H42N6O7/c1-21-12-30(50)37-31(53-21)17-32-38(39(37)51)36-23-5-7-26(8-6-23)43(41(52)54-40(36)42(2,3)55-32)33(56-43)9-4-22-13-28(48-34(44)14-22)25-15-27(47-35(45)16-25)19-49-18-24-10-11-46-29(24)20-49/h5,7,10-18,23,26,33,36,40,51H,4,6,8-9,19-20H2,1-3H3,(H2,44,48)(H2,45,47)/t23-,26-,33-,36+,40-,43-/m1/s1. The number of phenols is 1. The van der Waals surface area contributed by atoms with E-state index in [-0.39, 0.29) is 34.0 Å². The van der Waals surface area contributed by atoms with Crippen LogP contribution in [0.4, 0.5) is 11.6 Å². The molecule has 0 amide bonds. The minimum Gasteiger partial charge on any atom is -0.507 e. The third-order valence-corrected chi connectivity index (χ3v) is 12.2. The van der Waals surface area contributed by atoms with E-state index in [1.165, 1.54) is 6.07 Å². The van der Waals surface area contributed by atoms with Crippen LogP contribution in [0.15, 0.2) is 86.8 Å². The van der Waals surface area contributed by atoms with Crippen LogP contribution in [0.5, 0.6) is 11.5 Å². The Kier molecular flexibility index (Phi) is 7.57. The monoisotopic (exact) mass is 754 g/mol. The van der Waals surface area contributed by atoms with Gasteiger partial charge in [-0.3, -0.25) is 9.79 Å². The number of carbonyl (C=O) groups excluding carboxylic acids is 1. The Morgan fingerprint density at radius 1 is 1.02 bits per heavy atom. The maximum atomic E-state index is 14.5. The second-order valence-electron chi connectivity index (χ2n) is 16.4. The number of phenolic OH excluding ortho intramolecular Hbond substituents is 1. The van der Waals surface area contributed by atoms with E-state index in [0.717, 1.165) is 34.5 Å². The summed E-state index contributed by atoms with van der Waals surface area (Å²) in [5, 5.41) is 11.8. The molecule has 4 aromatic rings. The number of pyridine rings is 2.